The van der Waals surface area contributed by atoms with Gasteiger partial charge in [-0.3, -0.25) is 4.79 Å². The molecule has 0 aliphatic carbocycles. The molecule has 0 saturated heterocycles. The van der Waals surface area contributed by atoms with Crippen LogP contribution in [0.25, 0.3) is 0 Å². The number of esters is 1. The zero-order chi connectivity index (χ0) is 12.1. The van der Waals surface area contributed by atoms with Crippen molar-refractivity contribution in [2.75, 3.05) is 26.1 Å². The van der Waals surface area contributed by atoms with Crippen LogP contribution in [0, 0.1) is 0 Å². The highest BCUT2D eigenvalue weighted by atomic mass is 35.5. The first kappa shape index (κ1) is 16.8. The van der Waals surface area contributed by atoms with Crippen LogP contribution in [0.1, 0.15) is 12.8 Å². The van der Waals surface area contributed by atoms with Gasteiger partial charge in [0, 0.05) is 18.8 Å². The molecule has 8 heteroatoms. The molecule has 0 aliphatic rings. The maximum atomic E-state index is 10.4. The van der Waals surface area contributed by atoms with Gasteiger partial charge in [-0.1, -0.05) is 0 Å². The molecule has 0 atom stereocenters. The smallest absolute Gasteiger partial charge is 0.311 e. The molecule has 0 unspecified atom stereocenters. The van der Waals surface area contributed by atoms with Crippen molar-refractivity contribution >= 4 is 28.1 Å². The molecule has 0 bridgehead atoms. The first-order valence-corrected chi connectivity index (χ1v) is 5.74. The summed E-state index contributed by atoms with van der Waals surface area (Å²) in [5.41, 5.74) is 4.90. The van der Waals surface area contributed by atoms with E-state index in [1.54, 1.807) is 0 Å². The number of hydrogen-bond donors (Lipinski definition) is 1. The Bertz CT molecular complexity index is 269. The van der Waals surface area contributed by atoms with Crippen LogP contribution in [0.2, 0.25) is 0 Å². The highest BCUT2D eigenvalue weighted by Gasteiger charge is 1.97. The van der Waals surface area contributed by atoms with Crippen molar-refractivity contribution in [3.8, 4) is 0 Å². The van der Waals surface area contributed by atoms with E-state index in [9.17, 15) is 13.2 Å². The first-order chi connectivity index (χ1) is 7.08. The van der Waals surface area contributed by atoms with Gasteiger partial charge in [-0.2, -0.15) is 12.8 Å². The van der Waals surface area contributed by atoms with E-state index >= 15 is 0 Å². The molecule has 0 aliphatic heterocycles. The van der Waals surface area contributed by atoms with Gasteiger partial charge in [-0.25, -0.2) is 0 Å². The summed E-state index contributed by atoms with van der Waals surface area (Å²) >= 11 is 5.06. The van der Waals surface area contributed by atoms with Crippen LogP contribution >= 0.6 is 11.6 Å². The summed E-state index contributed by atoms with van der Waals surface area (Å²) in [4.78, 5) is 10.4. The Hall–Kier alpha value is -0.660. The highest BCUT2D eigenvalue weighted by Crippen LogP contribution is 1.91. The zero-order valence-corrected chi connectivity index (χ0v) is 10.1. The van der Waals surface area contributed by atoms with Crippen molar-refractivity contribution in [3.63, 3.8) is 0 Å². The number of methoxy groups -OCH3 is 1. The van der Waals surface area contributed by atoms with Gasteiger partial charge in [0.2, 0.25) is 0 Å². The quantitative estimate of drug-likeness (QED) is 0.431. The number of halogens is 1. The largest absolute Gasteiger partial charge is 0.469 e. The molecule has 0 amide bonds. The minimum atomic E-state index is -2.36. The van der Waals surface area contributed by atoms with Crippen LogP contribution in [0.5, 0.6) is 0 Å². The van der Waals surface area contributed by atoms with Gasteiger partial charge in [0.15, 0.2) is 0 Å². The van der Waals surface area contributed by atoms with E-state index in [4.69, 9.17) is 17.3 Å². The van der Waals surface area contributed by atoms with Crippen molar-refractivity contribution < 1.29 is 17.9 Å². The van der Waals surface area contributed by atoms with Gasteiger partial charge in [-0.05, 0) is 6.42 Å². The Balaban J connectivity index is 0. The van der Waals surface area contributed by atoms with E-state index in [-0.39, 0.29) is 18.9 Å². The zero-order valence-electron chi connectivity index (χ0n) is 8.48. The molecule has 0 aromatic carbocycles. The number of nitrogens with zero attached hydrogens (tertiary/aromatic N) is 1. The summed E-state index contributed by atoms with van der Waals surface area (Å²) in [7, 11) is -1.08. The second kappa shape index (κ2) is 13.3. The third-order valence-electron chi connectivity index (χ3n) is 1.07. The van der Waals surface area contributed by atoms with Crippen LogP contribution in [-0.4, -0.2) is 40.5 Å². The molecule has 0 rings (SSSR count). The fourth-order valence-electron chi connectivity index (χ4n) is 0.465. The summed E-state index contributed by atoms with van der Waals surface area (Å²) in [5.74, 6) is 0.219. The molecule has 0 radical (unpaired) electrons. The van der Waals surface area contributed by atoms with Crippen molar-refractivity contribution in [1.29, 1.82) is 0 Å². The third kappa shape index (κ3) is 19.7. The Morgan fingerprint density at radius 3 is 2.40 bits per heavy atom. The van der Waals surface area contributed by atoms with E-state index in [1.807, 2.05) is 0 Å². The molecule has 0 spiro atoms. The number of ether oxygens (including phenoxy) is 1. The second-order valence-corrected chi connectivity index (χ2v) is 3.30. The molecule has 0 aromatic heterocycles. The van der Waals surface area contributed by atoms with Gasteiger partial charge in [0.25, 0.3) is 0 Å². The van der Waals surface area contributed by atoms with E-state index in [0.717, 1.165) is 0 Å². The lowest BCUT2D eigenvalue weighted by Crippen LogP contribution is -2.00. The molecule has 0 fully saturated rings. The molecule has 0 heterocycles. The van der Waals surface area contributed by atoms with E-state index in [0.29, 0.717) is 18.8 Å². The summed E-state index contributed by atoms with van der Waals surface area (Å²) < 4.78 is 27.1. The molecule has 6 nitrogen and oxygen atoms in total. The topological polar surface area (TPSA) is 98.8 Å². The third-order valence-corrected chi connectivity index (χ3v) is 1.68. The Morgan fingerprint density at radius 1 is 1.53 bits per heavy atom. The van der Waals surface area contributed by atoms with Crippen LogP contribution < -0.4 is 5.73 Å². The number of carbonyl (C=O) groups excluding carboxylic acids is 1. The Morgan fingerprint density at radius 2 is 2.07 bits per heavy atom. The second-order valence-electron chi connectivity index (χ2n) is 2.23. The summed E-state index contributed by atoms with van der Waals surface area (Å²) in [5, 5.41) is 0. The summed E-state index contributed by atoms with van der Waals surface area (Å²) in [6.07, 6.45) is 0.609. The predicted molar refractivity (Wildman–Crippen MR) is 57.2 cm³/mol. The summed E-state index contributed by atoms with van der Waals surface area (Å²) in [6.45, 7) is 0.729. The van der Waals surface area contributed by atoms with Crippen LogP contribution in [-0.2, 0) is 20.0 Å². The van der Waals surface area contributed by atoms with E-state index < -0.39 is 10.5 Å². The molecule has 0 saturated carbocycles. The molecule has 90 valence electrons. The minimum absolute atomic E-state index is 0.144. The standard InChI is InChI=1S/C5H9NO4S.C2H6ClN/c1-10-5(7)3-2-4-6-11(8)9;3-1-2-4/h2-4H2,1H3;1-2,4H2. The molecule has 0 aromatic rings. The van der Waals surface area contributed by atoms with Gasteiger partial charge in [-0.15, -0.1) is 11.6 Å². The number of hydrogen-bond acceptors (Lipinski definition) is 6. The van der Waals surface area contributed by atoms with E-state index in [2.05, 4.69) is 9.10 Å². The minimum Gasteiger partial charge on any atom is -0.469 e. The fraction of sp³-hybridized carbons (Fsp3) is 0.857. The maximum absolute atomic E-state index is 10.4. The molecule has 2 N–H and O–H groups in total. The van der Waals surface area contributed by atoms with Crippen LogP contribution in [0.3, 0.4) is 0 Å². The Labute approximate surface area is 95.4 Å². The average Bonchev–Trinajstić information content (AvgIpc) is 2.24. The fourth-order valence-corrected chi connectivity index (χ4v) is 0.743. The predicted octanol–water partition coefficient (Wildman–Crippen LogP) is 0.186. The molecule has 15 heavy (non-hydrogen) atoms. The molecular formula is C7H15ClN2O4S. The van der Waals surface area contributed by atoms with Crippen molar-refractivity contribution in [2.45, 2.75) is 12.8 Å². The lowest BCUT2D eigenvalue weighted by atomic mass is 10.3. The normalized spacial score (nSPS) is 8.47. The van der Waals surface area contributed by atoms with Gasteiger partial charge < -0.3 is 10.5 Å². The summed E-state index contributed by atoms with van der Waals surface area (Å²) in [6, 6.07) is 0. The monoisotopic (exact) mass is 258 g/mol. The van der Waals surface area contributed by atoms with Crippen LogP contribution in [0.15, 0.2) is 4.36 Å². The number of carbonyl (C=O) groups is 1. The van der Waals surface area contributed by atoms with Crippen molar-refractivity contribution in [3.05, 3.63) is 0 Å². The average molecular weight is 259 g/mol. The van der Waals surface area contributed by atoms with Crippen molar-refractivity contribution in [1.82, 2.24) is 0 Å². The Kier molecular flexibility index (Phi) is 14.9. The van der Waals surface area contributed by atoms with Crippen LogP contribution in [0.4, 0.5) is 0 Å². The number of alkyl halides is 1. The SMILES string of the molecule is COC(=O)CCCN=S(=O)=O.NCCCl. The van der Waals surface area contributed by atoms with Gasteiger partial charge in [0.05, 0.1) is 13.7 Å². The lowest BCUT2D eigenvalue weighted by Gasteiger charge is -1.93. The van der Waals surface area contributed by atoms with Gasteiger partial charge >= 0.3 is 16.5 Å². The number of rotatable bonds is 5. The maximum Gasteiger partial charge on any atom is 0.311 e. The van der Waals surface area contributed by atoms with Gasteiger partial charge in [0.1, 0.15) is 0 Å². The van der Waals surface area contributed by atoms with Crippen molar-refractivity contribution in [2.24, 2.45) is 10.1 Å². The van der Waals surface area contributed by atoms with E-state index in [1.165, 1.54) is 7.11 Å². The number of nitrogens with two attached hydrogens (primary N) is 1. The first-order valence-electron chi connectivity index (χ1n) is 4.18. The lowest BCUT2D eigenvalue weighted by molar-refractivity contribution is -0.140. The molecular weight excluding hydrogens is 244 g/mol. The highest BCUT2D eigenvalue weighted by molar-refractivity contribution is 7.61.